The Hall–Kier alpha value is -1.47. The highest BCUT2D eigenvalue weighted by Crippen LogP contribution is 2.24. The number of thiophene rings is 1. The fourth-order valence-corrected chi connectivity index (χ4v) is 2.10. The third-order valence-electron chi connectivity index (χ3n) is 2.01. The molecular formula is C9H12N2O4S. The molecule has 0 saturated heterocycles. The second-order valence-electron chi connectivity index (χ2n) is 3.19. The van der Waals surface area contributed by atoms with Crippen molar-refractivity contribution in [3.8, 4) is 0 Å². The van der Waals surface area contributed by atoms with E-state index < -0.39 is 10.9 Å². The van der Waals surface area contributed by atoms with Gasteiger partial charge in [0.1, 0.15) is 0 Å². The number of nitrogens with zero attached hydrogens (tertiary/aromatic N) is 2. The van der Waals surface area contributed by atoms with Crippen molar-refractivity contribution in [1.29, 1.82) is 0 Å². The van der Waals surface area contributed by atoms with Crippen LogP contribution in [0.1, 0.15) is 11.8 Å². The summed E-state index contributed by atoms with van der Waals surface area (Å²) in [6.45, 7) is 2.83. The van der Waals surface area contributed by atoms with Gasteiger partial charge in [-0.05, 0) is 12.6 Å². The van der Waals surface area contributed by atoms with Crippen molar-refractivity contribution in [3.63, 3.8) is 0 Å². The second kappa shape index (κ2) is 5.57. The monoisotopic (exact) mass is 244 g/mol. The number of likely N-dealkylation sites (N-methyl/N-ethyl adjacent to an activating group) is 1. The average Bonchev–Trinajstić information content (AvgIpc) is 2.64. The molecule has 0 aliphatic carbocycles. The predicted molar refractivity (Wildman–Crippen MR) is 59.6 cm³/mol. The van der Waals surface area contributed by atoms with Gasteiger partial charge in [0, 0.05) is 17.5 Å². The van der Waals surface area contributed by atoms with E-state index in [0.29, 0.717) is 13.1 Å². The minimum atomic E-state index is -0.895. The van der Waals surface area contributed by atoms with E-state index in [1.165, 1.54) is 6.07 Å². The molecule has 0 aliphatic rings. The van der Waals surface area contributed by atoms with Crippen LogP contribution in [0.15, 0.2) is 12.1 Å². The summed E-state index contributed by atoms with van der Waals surface area (Å²) in [4.78, 5) is 23.0. The summed E-state index contributed by atoms with van der Waals surface area (Å²) >= 11 is 1.08. The summed E-state index contributed by atoms with van der Waals surface area (Å²) < 4.78 is 0. The number of nitro groups is 1. The van der Waals surface area contributed by atoms with Crippen LogP contribution in [-0.2, 0) is 11.3 Å². The topological polar surface area (TPSA) is 83.7 Å². The van der Waals surface area contributed by atoms with Crippen LogP contribution in [0.25, 0.3) is 0 Å². The molecule has 1 heterocycles. The maximum Gasteiger partial charge on any atom is 0.324 e. The summed E-state index contributed by atoms with van der Waals surface area (Å²) in [5.41, 5.74) is 0. The Bertz CT molecular complexity index is 391. The van der Waals surface area contributed by atoms with Gasteiger partial charge in [0.2, 0.25) is 0 Å². The van der Waals surface area contributed by atoms with Gasteiger partial charge in [-0.15, -0.1) is 0 Å². The molecule has 0 radical (unpaired) electrons. The molecule has 0 spiro atoms. The second-order valence-corrected chi connectivity index (χ2v) is 4.34. The van der Waals surface area contributed by atoms with Crippen LogP contribution in [0.3, 0.4) is 0 Å². The van der Waals surface area contributed by atoms with E-state index >= 15 is 0 Å². The number of aliphatic carboxylic acids is 1. The van der Waals surface area contributed by atoms with Crippen molar-refractivity contribution in [2.75, 3.05) is 13.1 Å². The lowest BCUT2D eigenvalue weighted by Crippen LogP contribution is -2.28. The Balaban J connectivity index is 2.63. The predicted octanol–water partition coefficient (Wildman–Crippen LogP) is 1.56. The number of carbonyl (C=O) groups is 1. The molecule has 0 saturated carbocycles. The van der Waals surface area contributed by atoms with Gasteiger partial charge in [-0.25, -0.2) is 0 Å². The Kier molecular flexibility index (Phi) is 4.39. The largest absolute Gasteiger partial charge is 0.480 e. The number of carboxylic acid groups (broad SMARTS) is 1. The molecule has 0 amide bonds. The van der Waals surface area contributed by atoms with Gasteiger partial charge in [0.05, 0.1) is 11.5 Å². The minimum Gasteiger partial charge on any atom is -0.480 e. The zero-order valence-corrected chi connectivity index (χ0v) is 9.57. The van der Waals surface area contributed by atoms with Crippen LogP contribution in [0, 0.1) is 10.1 Å². The lowest BCUT2D eigenvalue weighted by Gasteiger charge is -2.16. The highest BCUT2D eigenvalue weighted by molar-refractivity contribution is 7.15. The molecule has 1 aromatic rings. The minimum absolute atomic E-state index is 0.0534. The van der Waals surface area contributed by atoms with Crippen LogP contribution in [-0.4, -0.2) is 34.0 Å². The van der Waals surface area contributed by atoms with Gasteiger partial charge in [0.15, 0.2) is 0 Å². The molecule has 88 valence electrons. The first-order valence-corrected chi connectivity index (χ1v) is 5.51. The Labute approximate surface area is 96.3 Å². The molecule has 7 heteroatoms. The van der Waals surface area contributed by atoms with Gasteiger partial charge in [-0.1, -0.05) is 18.3 Å². The lowest BCUT2D eigenvalue weighted by atomic mass is 10.4. The fourth-order valence-electron chi connectivity index (χ4n) is 1.24. The van der Waals surface area contributed by atoms with Gasteiger partial charge < -0.3 is 5.11 Å². The van der Waals surface area contributed by atoms with E-state index in [2.05, 4.69) is 0 Å². The van der Waals surface area contributed by atoms with Gasteiger partial charge in [0.25, 0.3) is 0 Å². The van der Waals surface area contributed by atoms with Crippen molar-refractivity contribution in [3.05, 3.63) is 27.1 Å². The molecule has 0 fully saturated rings. The number of hydrogen-bond donors (Lipinski definition) is 1. The number of rotatable bonds is 6. The smallest absolute Gasteiger partial charge is 0.324 e. The van der Waals surface area contributed by atoms with Crippen LogP contribution in [0.2, 0.25) is 0 Å². The molecular weight excluding hydrogens is 232 g/mol. The van der Waals surface area contributed by atoms with Gasteiger partial charge in [-0.3, -0.25) is 19.8 Å². The highest BCUT2D eigenvalue weighted by atomic mass is 32.1. The third kappa shape index (κ3) is 3.59. The number of hydrogen-bond acceptors (Lipinski definition) is 5. The summed E-state index contributed by atoms with van der Waals surface area (Å²) in [5.74, 6) is -0.895. The molecule has 0 unspecified atom stereocenters. The maximum absolute atomic E-state index is 10.5. The van der Waals surface area contributed by atoms with Crippen LogP contribution >= 0.6 is 11.3 Å². The quantitative estimate of drug-likeness (QED) is 0.606. The summed E-state index contributed by atoms with van der Waals surface area (Å²) in [6.07, 6.45) is 0. The van der Waals surface area contributed by atoms with Crippen LogP contribution in [0.4, 0.5) is 5.00 Å². The lowest BCUT2D eigenvalue weighted by molar-refractivity contribution is -0.380. The van der Waals surface area contributed by atoms with E-state index in [4.69, 9.17) is 5.11 Å². The fraction of sp³-hybridized carbons (Fsp3) is 0.444. The Morgan fingerprint density at radius 1 is 1.62 bits per heavy atom. The van der Waals surface area contributed by atoms with Crippen molar-refractivity contribution >= 4 is 22.3 Å². The van der Waals surface area contributed by atoms with Gasteiger partial charge >= 0.3 is 11.0 Å². The molecule has 6 nitrogen and oxygen atoms in total. The molecule has 16 heavy (non-hydrogen) atoms. The van der Waals surface area contributed by atoms with Crippen molar-refractivity contribution in [1.82, 2.24) is 4.90 Å². The van der Waals surface area contributed by atoms with Crippen molar-refractivity contribution in [2.24, 2.45) is 0 Å². The summed E-state index contributed by atoms with van der Waals surface area (Å²) in [7, 11) is 0. The summed E-state index contributed by atoms with van der Waals surface area (Å²) in [6, 6.07) is 3.10. The molecule has 0 bridgehead atoms. The maximum atomic E-state index is 10.5. The highest BCUT2D eigenvalue weighted by Gasteiger charge is 2.13. The normalized spacial score (nSPS) is 10.6. The first kappa shape index (κ1) is 12.6. The van der Waals surface area contributed by atoms with Crippen LogP contribution < -0.4 is 0 Å². The third-order valence-corrected chi connectivity index (χ3v) is 3.03. The van der Waals surface area contributed by atoms with E-state index in [1.807, 2.05) is 6.92 Å². The van der Waals surface area contributed by atoms with Crippen LogP contribution in [0.5, 0.6) is 0 Å². The van der Waals surface area contributed by atoms with Crippen molar-refractivity contribution in [2.45, 2.75) is 13.5 Å². The molecule has 0 atom stereocenters. The molecule has 1 rings (SSSR count). The first-order valence-electron chi connectivity index (χ1n) is 4.70. The molecule has 0 aliphatic heterocycles. The molecule has 1 aromatic heterocycles. The zero-order chi connectivity index (χ0) is 12.1. The first-order chi connectivity index (χ1) is 7.52. The molecule has 0 aromatic carbocycles. The van der Waals surface area contributed by atoms with E-state index in [1.54, 1.807) is 11.0 Å². The van der Waals surface area contributed by atoms with E-state index in [-0.39, 0.29) is 11.5 Å². The van der Waals surface area contributed by atoms with E-state index in [0.717, 1.165) is 16.2 Å². The molecule has 1 N–H and O–H groups in total. The average molecular weight is 244 g/mol. The van der Waals surface area contributed by atoms with Crippen molar-refractivity contribution < 1.29 is 14.8 Å². The SMILES string of the molecule is CCN(CC(=O)O)Cc1ccc([N+](=O)[O-])s1. The standard InChI is InChI=1S/C9H12N2O4S/c1-2-10(6-9(12)13)5-7-3-4-8(16-7)11(14)15/h3-4H,2,5-6H2,1H3,(H,12,13). The van der Waals surface area contributed by atoms with Gasteiger partial charge in [-0.2, -0.15) is 0 Å². The summed E-state index contributed by atoms with van der Waals surface area (Å²) in [5, 5.41) is 19.2. The van der Waals surface area contributed by atoms with E-state index in [9.17, 15) is 14.9 Å². The Morgan fingerprint density at radius 2 is 2.31 bits per heavy atom. The zero-order valence-electron chi connectivity index (χ0n) is 8.75. The number of carboxylic acids is 1. The Morgan fingerprint density at radius 3 is 2.75 bits per heavy atom.